The molecule has 1 heterocycles. The van der Waals surface area contributed by atoms with Crippen LogP contribution in [-0.4, -0.2) is 6.54 Å². The van der Waals surface area contributed by atoms with Gasteiger partial charge in [-0.2, -0.15) is 0 Å². The van der Waals surface area contributed by atoms with Crippen molar-refractivity contribution in [2.75, 3.05) is 6.54 Å². The summed E-state index contributed by atoms with van der Waals surface area (Å²) in [5, 5.41) is 3.25. The fraction of sp³-hybridized carbons (Fsp3) is 0.286. The number of rotatable bonds is 6. The first kappa shape index (κ1) is 13.7. The van der Waals surface area contributed by atoms with Gasteiger partial charge in [-0.15, -0.1) is 11.8 Å². The molecule has 0 bridgehead atoms. The second-order valence-electron chi connectivity index (χ2n) is 3.87. The van der Waals surface area contributed by atoms with E-state index in [9.17, 15) is 0 Å². The van der Waals surface area contributed by atoms with Crippen molar-refractivity contribution < 1.29 is 4.42 Å². The average molecular weight is 326 g/mol. The van der Waals surface area contributed by atoms with Crippen molar-refractivity contribution >= 4 is 27.7 Å². The van der Waals surface area contributed by atoms with E-state index in [1.165, 1.54) is 4.90 Å². The van der Waals surface area contributed by atoms with E-state index >= 15 is 0 Å². The Labute approximate surface area is 120 Å². The molecule has 1 aromatic heterocycles. The molecule has 0 atom stereocenters. The van der Waals surface area contributed by atoms with E-state index < -0.39 is 0 Å². The van der Waals surface area contributed by atoms with Crippen LogP contribution in [0.15, 0.2) is 50.2 Å². The molecule has 0 aliphatic carbocycles. The van der Waals surface area contributed by atoms with Crippen molar-refractivity contribution in [1.29, 1.82) is 0 Å². The zero-order valence-electron chi connectivity index (χ0n) is 10.3. The second-order valence-corrected chi connectivity index (χ2v) is 5.74. The molecule has 1 N–H and O–H groups in total. The quantitative estimate of drug-likeness (QED) is 0.794. The average Bonchev–Trinajstić information content (AvgIpc) is 2.83. The Kier molecular flexibility index (Phi) is 5.35. The lowest BCUT2D eigenvalue weighted by atomic mass is 10.4. The third kappa shape index (κ3) is 3.90. The highest BCUT2D eigenvalue weighted by Gasteiger charge is 2.04. The molecule has 0 amide bonds. The fourth-order valence-electron chi connectivity index (χ4n) is 1.55. The minimum atomic E-state index is 0.802. The summed E-state index contributed by atoms with van der Waals surface area (Å²) < 4.78 is 6.88. The Bertz CT molecular complexity index is 498. The number of hydrogen-bond donors (Lipinski definition) is 1. The molecule has 0 aliphatic rings. The summed E-state index contributed by atoms with van der Waals surface area (Å²) in [5.74, 6) is 2.87. The molecule has 0 spiro atoms. The number of nitrogens with one attached hydrogen (secondary N) is 1. The summed E-state index contributed by atoms with van der Waals surface area (Å²) >= 11 is 5.32. The summed E-state index contributed by atoms with van der Waals surface area (Å²) in [5.41, 5.74) is 0. The first-order chi connectivity index (χ1) is 8.79. The Hall–Kier alpha value is -0.710. The normalized spacial score (nSPS) is 10.8. The molecule has 0 saturated carbocycles. The summed E-state index contributed by atoms with van der Waals surface area (Å²) in [4.78, 5) is 1.24. The largest absolute Gasteiger partial charge is 0.464 e. The molecule has 0 fully saturated rings. The SMILES string of the molecule is CCNCc1ccc(CSc2ccccc2Br)o1. The number of benzene rings is 1. The van der Waals surface area contributed by atoms with Gasteiger partial charge in [0, 0.05) is 9.37 Å². The van der Waals surface area contributed by atoms with Crippen LogP contribution in [0.25, 0.3) is 0 Å². The third-order valence-electron chi connectivity index (χ3n) is 2.47. The van der Waals surface area contributed by atoms with Crippen LogP contribution in [0.4, 0.5) is 0 Å². The van der Waals surface area contributed by atoms with Crippen LogP contribution in [0.3, 0.4) is 0 Å². The maximum atomic E-state index is 5.75. The fourth-order valence-corrected chi connectivity index (χ4v) is 3.02. The van der Waals surface area contributed by atoms with Crippen LogP contribution < -0.4 is 5.32 Å². The van der Waals surface area contributed by atoms with E-state index in [0.717, 1.165) is 34.8 Å². The van der Waals surface area contributed by atoms with Crippen LogP contribution in [-0.2, 0) is 12.3 Å². The van der Waals surface area contributed by atoms with Crippen molar-refractivity contribution in [1.82, 2.24) is 5.32 Å². The van der Waals surface area contributed by atoms with E-state index in [0.29, 0.717) is 0 Å². The van der Waals surface area contributed by atoms with Crippen LogP contribution in [0, 0.1) is 0 Å². The van der Waals surface area contributed by atoms with Crippen LogP contribution >= 0.6 is 27.7 Å². The molecule has 18 heavy (non-hydrogen) atoms. The number of furan rings is 1. The first-order valence-corrected chi connectivity index (χ1v) is 7.73. The minimum absolute atomic E-state index is 0.802. The Morgan fingerprint density at radius 2 is 1.94 bits per heavy atom. The molecule has 2 nitrogen and oxygen atoms in total. The van der Waals surface area contributed by atoms with Gasteiger partial charge < -0.3 is 9.73 Å². The van der Waals surface area contributed by atoms with Gasteiger partial charge in [0.15, 0.2) is 0 Å². The van der Waals surface area contributed by atoms with Crippen molar-refractivity contribution in [3.05, 3.63) is 52.4 Å². The van der Waals surface area contributed by atoms with Gasteiger partial charge in [0.2, 0.25) is 0 Å². The van der Waals surface area contributed by atoms with Crippen molar-refractivity contribution in [3.8, 4) is 0 Å². The topological polar surface area (TPSA) is 25.2 Å². The molecule has 2 rings (SSSR count). The van der Waals surface area contributed by atoms with E-state index in [4.69, 9.17) is 4.42 Å². The van der Waals surface area contributed by atoms with Crippen LogP contribution in [0.5, 0.6) is 0 Å². The highest BCUT2D eigenvalue weighted by Crippen LogP contribution is 2.30. The summed E-state index contributed by atoms with van der Waals surface area (Å²) in [6, 6.07) is 12.3. The molecular weight excluding hydrogens is 310 g/mol. The number of hydrogen-bond acceptors (Lipinski definition) is 3. The second kappa shape index (κ2) is 7.02. The zero-order chi connectivity index (χ0) is 12.8. The lowest BCUT2D eigenvalue weighted by molar-refractivity contribution is 0.463. The molecule has 0 radical (unpaired) electrons. The van der Waals surface area contributed by atoms with Gasteiger partial charge in [0.25, 0.3) is 0 Å². The monoisotopic (exact) mass is 325 g/mol. The maximum Gasteiger partial charge on any atom is 0.117 e. The summed E-state index contributed by atoms with van der Waals surface area (Å²) in [6.45, 7) is 3.85. The number of halogens is 1. The third-order valence-corrected chi connectivity index (χ3v) is 4.52. The van der Waals surface area contributed by atoms with Crippen molar-refractivity contribution in [2.45, 2.75) is 24.1 Å². The Balaban J connectivity index is 1.90. The van der Waals surface area contributed by atoms with E-state index in [2.05, 4.69) is 46.4 Å². The van der Waals surface area contributed by atoms with Gasteiger partial charge >= 0.3 is 0 Å². The Morgan fingerprint density at radius 1 is 1.17 bits per heavy atom. The molecule has 1 aromatic carbocycles. The van der Waals surface area contributed by atoms with E-state index in [1.54, 1.807) is 11.8 Å². The van der Waals surface area contributed by atoms with E-state index in [-0.39, 0.29) is 0 Å². The lowest BCUT2D eigenvalue weighted by Crippen LogP contribution is -2.10. The van der Waals surface area contributed by atoms with Gasteiger partial charge in [-0.3, -0.25) is 0 Å². The lowest BCUT2D eigenvalue weighted by Gasteiger charge is -2.02. The van der Waals surface area contributed by atoms with Gasteiger partial charge in [0.05, 0.1) is 12.3 Å². The molecular formula is C14H16BrNOS. The van der Waals surface area contributed by atoms with E-state index in [1.807, 2.05) is 18.2 Å². The predicted molar refractivity (Wildman–Crippen MR) is 79.8 cm³/mol. The highest BCUT2D eigenvalue weighted by atomic mass is 79.9. The maximum absolute atomic E-state index is 5.75. The molecule has 0 aliphatic heterocycles. The smallest absolute Gasteiger partial charge is 0.117 e. The first-order valence-electron chi connectivity index (χ1n) is 5.95. The minimum Gasteiger partial charge on any atom is -0.464 e. The molecule has 96 valence electrons. The van der Waals surface area contributed by atoms with Gasteiger partial charge in [-0.1, -0.05) is 19.1 Å². The highest BCUT2D eigenvalue weighted by molar-refractivity contribution is 9.10. The standard InChI is InChI=1S/C14H16BrNOS/c1-2-16-9-11-7-8-12(17-11)10-18-14-6-4-3-5-13(14)15/h3-8,16H,2,9-10H2,1H3. The molecule has 0 unspecified atom stereocenters. The van der Waals surface area contributed by atoms with Crippen molar-refractivity contribution in [2.24, 2.45) is 0 Å². The summed E-state index contributed by atoms with van der Waals surface area (Å²) in [6.07, 6.45) is 0. The molecule has 4 heteroatoms. The zero-order valence-corrected chi connectivity index (χ0v) is 12.7. The predicted octanol–water partition coefficient (Wildman–Crippen LogP) is 4.44. The Morgan fingerprint density at radius 3 is 2.72 bits per heavy atom. The van der Waals surface area contributed by atoms with Crippen LogP contribution in [0.2, 0.25) is 0 Å². The van der Waals surface area contributed by atoms with Gasteiger partial charge in [-0.05, 0) is 46.7 Å². The summed E-state index contributed by atoms with van der Waals surface area (Å²) in [7, 11) is 0. The molecule has 2 aromatic rings. The van der Waals surface area contributed by atoms with Gasteiger partial charge in [0.1, 0.15) is 11.5 Å². The molecule has 0 saturated heterocycles. The van der Waals surface area contributed by atoms with Crippen molar-refractivity contribution in [3.63, 3.8) is 0 Å². The van der Waals surface area contributed by atoms with Crippen LogP contribution in [0.1, 0.15) is 18.4 Å². The number of thioether (sulfide) groups is 1. The van der Waals surface area contributed by atoms with Gasteiger partial charge in [-0.25, -0.2) is 0 Å².